The topological polar surface area (TPSA) is 26.2 Å². The van der Waals surface area contributed by atoms with E-state index in [1.165, 1.54) is 92.9 Å². The molecule has 18 aromatic carbocycles. The van der Waals surface area contributed by atoms with Gasteiger partial charge in [-0.3, -0.25) is 0 Å². The van der Waals surface area contributed by atoms with Crippen molar-refractivity contribution in [1.29, 1.82) is 0 Å². The standard InChI is InChI=1S/C108H72N6/c1-6-23-73(24-7-1)75-45-57-89(58-46-75)110(90-63-66-97-94-34-17-20-38-101(94)113(106(97)71-90)84-29-12-4-13-30-84)91-64-67-98-107(72-91)114(85-31-14-5-15-32-85)104-40-22-36-92(108(98)104)79-43-41-74(42-44-79)76-47-55-86(56-48-76)109(87-59-49-77(50-60-87)80-54-68-103-99(69-80)95-35-18-21-39-102(95)111(103)82-25-8-2-9-26-82)88-61-51-78(52-62-88)81-53-65-96-93-33-16-19-37-100(93)112(105(96)70-81)83-27-10-3-11-28-83/h1-72H. The van der Waals surface area contributed by atoms with Crippen LogP contribution >= 0.6 is 0 Å². The molecule has 0 atom stereocenters. The van der Waals surface area contributed by atoms with Gasteiger partial charge in [0.15, 0.2) is 0 Å². The summed E-state index contributed by atoms with van der Waals surface area (Å²) in [5.41, 5.74) is 31.8. The van der Waals surface area contributed by atoms with Gasteiger partial charge in [0, 0.05) is 100.0 Å². The molecule has 0 spiro atoms. The van der Waals surface area contributed by atoms with Gasteiger partial charge in [-0.1, -0.05) is 273 Å². The number of fused-ring (bicyclic) bond motifs is 12. The first-order valence-electron chi connectivity index (χ1n) is 39.1. The molecule has 0 aliphatic carbocycles. The van der Waals surface area contributed by atoms with Gasteiger partial charge < -0.3 is 28.1 Å². The summed E-state index contributed by atoms with van der Waals surface area (Å²) in [6.07, 6.45) is 0. The maximum Gasteiger partial charge on any atom is 0.0562 e. The van der Waals surface area contributed by atoms with Gasteiger partial charge in [0.25, 0.3) is 0 Å². The number of para-hydroxylation sites is 7. The third-order valence-corrected chi connectivity index (χ3v) is 23.2. The summed E-state index contributed by atoms with van der Waals surface area (Å²) in [5.74, 6) is 0. The number of benzene rings is 18. The Morgan fingerprint density at radius 2 is 0.412 bits per heavy atom. The second kappa shape index (κ2) is 27.4. The van der Waals surface area contributed by atoms with Crippen molar-refractivity contribution >= 4 is 121 Å². The molecule has 0 fully saturated rings. The van der Waals surface area contributed by atoms with E-state index in [2.05, 4.69) is 465 Å². The van der Waals surface area contributed by atoms with Gasteiger partial charge in [-0.25, -0.2) is 0 Å². The van der Waals surface area contributed by atoms with Crippen molar-refractivity contribution in [3.8, 4) is 78.4 Å². The van der Waals surface area contributed by atoms with Gasteiger partial charge in [0.05, 0.1) is 44.1 Å². The quantitative estimate of drug-likeness (QED) is 0.102. The van der Waals surface area contributed by atoms with Crippen molar-refractivity contribution in [1.82, 2.24) is 18.3 Å². The van der Waals surface area contributed by atoms with Crippen LogP contribution in [-0.2, 0) is 0 Å². The van der Waals surface area contributed by atoms with Crippen molar-refractivity contribution < 1.29 is 0 Å². The summed E-state index contributed by atoms with van der Waals surface area (Å²) in [7, 11) is 0. The van der Waals surface area contributed by atoms with Crippen LogP contribution in [0.15, 0.2) is 437 Å². The van der Waals surface area contributed by atoms with E-state index in [-0.39, 0.29) is 0 Å². The fourth-order valence-corrected chi connectivity index (χ4v) is 17.8. The number of hydrogen-bond acceptors (Lipinski definition) is 2. The maximum atomic E-state index is 2.45. The van der Waals surface area contributed by atoms with Crippen LogP contribution in [-0.4, -0.2) is 18.3 Å². The molecule has 114 heavy (non-hydrogen) atoms. The van der Waals surface area contributed by atoms with Gasteiger partial charge in [-0.05, 0) is 219 Å². The Labute approximate surface area is 660 Å². The van der Waals surface area contributed by atoms with E-state index >= 15 is 0 Å². The lowest BCUT2D eigenvalue weighted by atomic mass is 9.96. The predicted octanol–water partition coefficient (Wildman–Crippen LogP) is 29.3. The number of rotatable bonds is 15. The van der Waals surface area contributed by atoms with Crippen molar-refractivity contribution in [2.24, 2.45) is 0 Å². The summed E-state index contributed by atoms with van der Waals surface area (Å²) >= 11 is 0. The zero-order valence-electron chi connectivity index (χ0n) is 62.3. The highest BCUT2D eigenvalue weighted by atomic mass is 15.2. The summed E-state index contributed by atoms with van der Waals surface area (Å²) in [6, 6.07) is 160. The van der Waals surface area contributed by atoms with Gasteiger partial charge >= 0.3 is 0 Å². The first-order chi connectivity index (χ1) is 56.5. The highest BCUT2D eigenvalue weighted by molar-refractivity contribution is 6.18. The third kappa shape index (κ3) is 11.2. The Hall–Kier alpha value is -15.2. The highest BCUT2D eigenvalue weighted by Gasteiger charge is 2.24. The molecule has 0 bridgehead atoms. The summed E-state index contributed by atoms with van der Waals surface area (Å²) < 4.78 is 9.63. The van der Waals surface area contributed by atoms with Gasteiger partial charge in [-0.15, -0.1) is 0 Å². The monoisotopic (exact) mass is 1450 g/mol. The first-order valence-corrected chi connectivity index (χ1v) is 39.1. The first kappa shape index (κ1) is 65.8. The average molecular weight is 1450 g/mol. The lowest BCUT2D eigenvalue weighted by Crippen LogP contribution is -2.10. The average Bonchev–Trinajstić information content (AvgIpc) is 1.58. The molecule has 4 aromatic heterocycles. The van der Waals surface area contributed by atoms with Crippen molar-refractivity contribution in [2.45, 2.75) is 0 Å². The summed E-state index contributed by atoms with van der Waals surface area (Å²) in [4.78, 5) is 4.81. The number of nitrogens with zero attached hydrogens (tertiary/aromatic N) is 6. The van der Waals surface area contributed by atoms with Gasteiger partial charge in [0.2, 0.25) is 0 Å². The van der Waals surface area contributed by atoms with Crippen LogP contribution < -0.4 is 9.80 Å². The van der Waals surface area contributed by atoms with Crippen molar-refractivity contribution in [3.63, 3.8) is 0 Å². The molecule has 4 heterocycles. The van der Waals surface area contributed by atoms with Crippen LogP contribution in [0.2, 0.25) is 0 Å². The van der Waals surface area contributed by atoms with E-state index in [1.54, 1.807) is 0 Å². The van der Waals surface area contributed by atoms with Crippen LogP contribution in [0.25, 0.3) is 166 Å². The largest absolute Gasteiger partial charge is 0.311 e. The molecule has 0 saturated heterocycles. The minimum Gasteiger partial charge on any atom is -0.311 e. The van der Waals surface area contributed by atoms with E-state index < -0.39 is 0 Å². The molecule has 6 nitrogen and oxygen atoms in total. The Balaban J connectivity index is 0.623. The zero-order chi connectivity index (χ0) is 75.2. The second-order valence-electron chi connectivity index (χ2n) is 29.6. The van der Waals surface area contributed by atoms with Crippen molar-refractivity contribution in [3.05, 3.63) is 437 Å². The van der Waals surface area contributed by atoms with Crippen LogP contribution in [0.4, 0.5) is 34.1 Å². The summed E-state index contributed by atoms with van der Waals surface area (Å²) in [6.45, 7) is 0. The molecule has 0 N–H and O–H groups in total. The minimum atomic E-state index is 1.05. The SMILES string of the molecule is c1ccc(-c2ccc(N(c3ccc4c5ccccc5n(-c5ccccc5)c4c3)c3ccc4c5c(-c6ccc(-c7ccc(N(c8ccc(-c9ccc%10c(c9)c9ccccc9n%10-c9ccccc9)cc8)c8ccc(-c9ccc%10c%11ccccc%11n(-c%11ccccc%11)c%10c9)cc8)cc7)cc6)cccc5n(-c5ccccc5)c4c3)cc2)cc1. The van der Waals surface area contributed by atoms with Crippen molar-refractivity contribution in [2.75, 3.05) is 9.80 Å². The molecule has 0 amide bonds. The molecule has 0 unspecified atom stereocenters. The molecular formula is C108H72N6. The van der Waals surface area contributed by atoms with E-state index in [4.69, 9.17) is 0 Å². The number of hydrogen-bond donors (Lipinski definition) is 0. The second-order valence-corrected chi connectivity index (χ2v) is 29.6. The Morgan fingerprint density at radius 1 is 0.140 bits per heavy atom. The molecule has 22 rings (SSSR count). The van der Waals surface area contributed by atoms with Gasteiger partial charge in [-0.2, -0.15) is 0 Å². The predicted molar refractivity (Wildman–Crippen MR) is 480 cm³/mol. The lowest BCUT2D eigenvalue weighted by molar-refractivity contribution is 1.17. The van der Waals surface area contributed by atoms with E-state index in [1.807, 2.05) is 0 Å². The Kier molecular flexibility index (Phi) is 15.8. The molecule has 534 valence electrons. The zero-order valence-corrected chi connectivity index (χ0v) is 62.3. The molecular weight excluding hydrogens is 1380 g/mol. The number of anilines is 6. The Bertz CT molecular complexity index is 7390. The van der Waals surface area contributed by atoms with E-state index in [0.717, 1.165) is 107 Å². The molecule has 0 aliphatic rings. The molecule has 0 saturated carbocycles. The number of aromatic nitrogens is 4. The van der Waals surface area contributed by atoms with Crippen LogP contribution in [0.1, 0.15) is 0 Å². The fraction of sp³-hybridized carbons (Fsp3) is 0. The molecule has 22 aromatic rings. The minimum absolute atomic E-state index is 1.05. The lowest BCUT2D eigenvalue weighted by Gasteiger charge is -2.26. The molecule has 0 radical (unpaired) electrons. The smallest absolute Gasteiger partial charge is 0.0562 e. The third-order valence-electron chi connectivity index (χ3n) is 23.2. The highest BCUT2D eigenvalue weighted by Crippen LogP contribution is 2.47. The van der Waals surface area contributed by atoms with Gasteiger partial charge in [0.1, 0.15) is 0 Å². The Morgan fingerprint density at radius 3 is 0.877 bits per heavy atom. The van der Waals surface area contributed by atoms with E-state index in [0.29, 0.717) is 0 Å². The summed E-state index contributed by atoms with van der Waals surface area (Å²) in [5, 5.41) is 9.75. The normalized spacial score (nSPS) is 11.7. The fourth-order valence-electron chi connectivity index (χ4n) is 17.8. The maximum absolute atomic E-state index is 2.45. The van der Waals surface area contributed by atoms with Crippen LogP contribution in [0, 0.1) is 0 Å². The van der Waals surface area contributed by atoms with E-state index in [9.17, 15) is 0 Å². The van der Waals surface area contributed by atoms with Crippen LogP contribution in [0.5, 0.6) is 0 Å². The molecule has 6 heteroatoms. The van der Waals surface area contributed by atoms with Crippen LogP contribution in [0.3, 0.4) is 0 Å². The molecule has 0 aliphatic heterocycles.